The third kappa shape index (κ3) is 2.61. The Morgan fingerprint density at radius 1 is 1.39 bits per heavy atom. The summed E-state index contributed by atoms with van der Waals surface area (Å²) in [5.41, 5.74) is 0.849. The van der Waals surface area contributed by atoms with Gasteiger partial charge in [-0.1, -0.05) is 11.6 Å². The fourth-order valence-electron chi connectivity index (χ4n) is 1.32. The van der Waals surface area contributed by atoms with Crippen LogP contribution in [0.25, 0.3) is 0 Å². The molecule has 0 aliphatic carbocycles. The van der Waals surface area contributed by atoms with Gasteiger partial charge in [0.05, 0.1) is 21.0 Å². The summed E-state index contributed by atoms with van der Waals surface area (Å²) < 4.78 is 23.0. The van der Waals surface area contributed by atoms with Crippen molar-refractivity contribution in [3.8, 4) is 0 Å². The Hall–Kier alpha value is -1.64. The Morgan fingerprint density at radius 3 is 2.33 bits per heavy atom. The number of nitrogens with two attached hydrogens (primary N) is 1. The maximum absolute atomic E-state index is 11.5. The van der Waals surface area contributed by atoms with Crippen molar-refractivity contribution in [2.75, 3.05) is 6.26 Å². The number of carboxylic acids is 1. The SMILES string of the molecule is CS(=O)(=O)c1ccc(C(=O)O)c(Cl)c1C(=O)NN. The molecule has 1 rings (SSSR count). The first-order chi connectivity index (χ1) is 8.20. The molecular weight excluding hydrogens is 284 g/mol. The van der Waals surface area contributed by atoms with Crippen molar-refractivity contribution in [3.63, 3.8) is 0 Å². The van der Waals surface area contributed by atoms with E-state index in [2.05, 4.69) is 0 Å². The summed E-state index contributed by atoms with van der Waals surface area (Å²) in [6, 6.07) is 2.00. The van der Waals surface area contributed by atoms with Gasteiger partial charge in [0.25, 0.3) is 5.91 Å². The second kappa shape index (κ2) is 4.92. The van der Waals surface area contributed by atoms with E-state index in [4.69, 9.17) is 22.6 Å². The predicted octanol–water partition coefficient (Wildman–Crippen LogP) is 0.0452. The summed E-state index contributed by atoms with van der Waals surface area (Å²) >= 11 is 5.73. The number of amides is 1. The molecule has 0 radical (unpaired) electrons. The largest absolute Gasteiger partial charge is 0.478 e. The summed E-state index contributed by atoms with van der Waals surface area (Å²) in [7, 11) is -3.75. The zero-order chi connectivity index (χ0) is 14.1. The summed E-state index contributed by atoms with van der Waals surface area (Å²) in [5, 5.41) is 8.36. The number of nitrogens with one attached hydrogen (secondary N) is 1. The lowest BCUT2D eigenvalue weighted by atomic mass is 10.1. The fraction of sp³-hybridized carbons (Fsp3) is 0.111. The van der Waals surface area contributed by atoms with E-state index in [1.807, 2.05) is 0 Å². The first-order valence-corrected chi connectivity index (χ1v) is 6.74. The molecule has 0 unspecified atom stereocenters. The van der Waals surface area contributed by atoms with Gasteiger partial charge in [0, 0.05) is 6.26 Å². The number of nitrogen functional groups attached to an aromatic ring is 1. The van der Waals surface area contributed by atoms with E-state index in [0.717, 1.165) is 18.4 Å². The lowest BCUT2D eigenvalue weighted by Crippen LogP contribution is -2.31. The summed E-state index contributed by atoms with van der Waals surface area (Å²) in [5.74, 6) is 2.54. The van der Waals surface area contributed by atoms with Crippen molar-refractivity contribution >= 4 is 33.3 Å². The number of sulfone groups is 1. The third-order valence-corrected chi connectivity index (χ3v) is 3.62. The van der Waals surface area contributed by atoms with Gasteiger partial charge in [-0.05, 0) is 12.1 Å². The lowest BCUT2D eigenvalue weighted by Gasteiger charge is -2.10. The van der Waals surface area contributed by atoms with E-state index in [1.54, 1.807) is 5.43 Å². The van der Waals surface area contributed by atoms with Gasteiger partial charge in [0.2, 0.25) is 0 Å². The van der Waals surface area contributed by atoms with Crippen LogP contribution in [-0.2, 0) is 9.84 Å². The van der Waals surface area contributed by atoms with E-state index < -0.39 is 32.3 Å². The average molecular weight is 293 g/mol. The van der Waals surface area contributed by atoms with Crippen LogP contribution in [0.15, 0.2) is 17.0 Å². The van der Waals surface area contributed by atoms with Crippen molar-refractivity contribution in [1.82, 2.24) is 5.43 Å². The zero-order valence-corrected chi connectivity index (χ0v) is 10.7. The molecule has 0 spiro atoms. The van der Waals surface area contributed by atoms with Crippen LogP contribution in [0.2, 0.25) is 5.02 Å². The normalized spacial score (nSPS) is 11.1. The van der Waals surface area contributed by atoms with Crippen molar-refractivity contribution in [2.45, 2.75) is 4.90 Å². The van der Waals surface area contributed by atoms with Gasteiger partial charge in [-0.15, -0.1) is 0 Å². The number of carbonyl (C=O) groups excluding carboxylic acids is 1. The fourth-order valence-corrected chi connectivity index (χ4v) is 2.58. The molecule has 18 heavy (non-hydrogen) atoms. The molecule has 0 fully saturated rings. The number of rotatable bonds is 3. The van der Waals surface area contributed by atoms with Crippen LogP contribution in [0, 0.1) is 0 Å². The standard InChI is InChI=1S/C9H9ClN2O5S/c1-18(16,17)5-3-2-4(9(14)15)7(10)6(5)8(13)12-11/h2-3H,11H2,1H3,(H,12,13)(H,14,15). The molecule has 0 aliphatic rings. The van der Waals surface area contributed by atoms with Gasteiger partial charge >= 0.3 is 5.97 Å². The third-order valence-electron chi connectivity index (χ3n) is 2.09. The average Bonchev–Trinajstić information content (AvgIpc) is 2.25. The number of hydrogen-bond acceptors (Lipinski definition) is 5. The van der Waals surface area contributed by atoms with Crippen LogP contribution in [0.1, 0.15) is 20.7 Å². The number of halogens is 1. The van der Waals surface area contributed by atoms with E-state index >= 15 is 0 Å². The predicted molar refractivity (Wildman–Crippen MR) is 63.2 cm³/mol. The Balaban J connectivity index is 3.73. The Morgan fingerprint density at radius 2 is 1.94 bits per heavy atom. The molecule has 0 aliphatic heterocycles. The smallest absolute Gasteiger partial charge is 0.337 e. The molecule has 0 atom stereocenters. The van der Waals surface area contributed by atoms with Crippen LogP contribution in [-0.4, -0.2) is 31.7 Å². The van der Waals surface area contributed by atoms with E-state index in [9.17, 15) is 18.0 Å². The number of hydrazine groups is 1. The minimum atomic E-state index is -3.75. The molecule has 1 aromatic carbocycles. The lowest BCUT2D eigenvalue weighted by molar-refractivity contribution is 0.0697. The molecule has 1 amide bonds. The summed E-state index contributed by atoms with van der Waals surface area (Å²) in [4.78, 5) is 22.0. The van der Waals surface area contributed by atoms with Gasteiger partial charge in [-0.25, -0.2) is 19.1 Å². The molecule has 9 heteroatoms. The highest BCUT2D eigenvalue weighted by Gasteiger charge is 2.25. The number of hydrogen-bond donors (Lipinski definition) is 3. The van der Waals surface area contributed by atoms with Crippen LogP contribution in [0.5, 0.6) is 0 Å². The second-order valence-electron chi connectivity index (χ2n) is 3.35. The quantitative estimate of drug-likeness (QED) is 0.410. The Labute approximate surface area is 107 Å². The number of carbonyl (C=O) groups is 2. The van der Waals surface area contributed by atoms with Crippen molar-refractivity contribution < 1.29 is 23.1 Å². The van der Waals surface area contributed by atoms with Gasteiger partial charge < -0.3 is 5.11 Å². The van der Waals surface area contributed by atoms with Crippen LogP contribution >= 0.6 is 11.6 Å². The monoisotopic (exact) mass is 292 g/mol. The molecule has 0 saturated heterocycles. The molecular formula is C9H9ClN2O5S. The molecule has 0 bridgehead atoms. The zero-order valence-electron chi connectivity index (χ0n) is 9.10. The topological polar surface area (TPSA) is 127 Å². The molecule has 98 valence electrons. The highest BCUT2D eigenvalue weighted by Crippen LogP contribution is 2.27. The summed E-state index contributed by atoms with van der Waals surface area (Å²) in [6.07, 6.45) is 0.867. The van der Waals surface area contributed by atoms with Crippen LogP contribution in [0.4, 0.5) is 0 Å². The van der Waals surface area contributed by atoms with Gasteiger partial charge in [-0.3, -0.25) is 10.2 Å². The number of benzene rings is 1. The van der Waals surface area contributed by atoms with E-state index in [1.165, 1.54) is 0 Å². The highest BCUT2D eigenvalue weighted by atomic mass is 35.5. The minimum Gasteiger partial charge on any atom is -0.478 e. The first kappa shape index (κ1) is 14.4. The highest BCUT2D eigenvalue weighted by molar-refractivity contribution is 7.90. The van der Waals surface area contributed by atoms with Crippen molar-refractivity contribution in [1.29, 1.82) is 0 Å². The van der Waals surface area contributed by atoms with Gasteiger partial charge in [-0.2, -0.15) is 0 Å². The molecule has 1 aromatic rings. The minimum absolute atomic E-state index is 0.386. The van der Waals surface area contributed by atoms with Gasteiger partial charge in [0.15, 0.2) is 9.84 Å². The molecule has 4 N–H and O–H groups in total. The van der Waals surface area contributed by atoms with E-state index in [0.29, 0.717) is 0 Å². The van der Waals surface area contributed by atoms with Gasteiger partial charge in [0.1, 0.15) is 0 Å². The maximum Gasteiger partial charge on any atom is 0.337 e. The van der Waals surface area contributed by atoms with Crippen LogP contribution < -0.4 is 11.3 Å². The molecule has 0 aromatic heterocycles. The Bertz CT molecular complexity index is 626. The Kier molecular flexibility index (Phi) is 3.95. The van der Waals surface area contributed by atoms with E-state index in [-0.39, 0.29) is 10.5 Å². The second-order valence-corrected chi connectivity index (χ2v) is 5.71. The summed E-state index contributed by atoms with van der Waals surface area (Å²) in [6.45, 7) is 0. The van der Waals surface area contributed by atoms with Crippen molar-refractivity contribution in [2.24, 2.45) is 5.84 Å². The maximum atomic E-state index is 11.5. The van der Waals surface area contributed by atoms with Crippen molar-refractivity contribution in [3.05, 3.63) is 28.3 Å². The first-order valence-electron chi connectivity index (χ1n) is 4.47. The van der Waals surface area contributed by atoms with Crippen LogP contribution in [0.3, 0.4) is 0 Å². The molecule has 0 saturated carbocycles. The number of carboxylic acid groups (broad SMARTS) is 1. The molecule has 0 heterocycles. The molecule has 7 nitrogen and oxygen atoms in total. The number of aromatic carboxylic acids is 1.